The van der Waals surface area contributed by atoms with Gasteiger partial charge in [0.25, 0.3) is 0 Å². The maximum atomic E-state index is 3.91. The van der Waals surface area contributed by atoms with Gasteiger partial charge in [0.1, 0.15) is 0 Å². The molecule has 0 N–H and O–H groups in total. The van der Waals surface area contributed by atoms with E-state index in [2.05, 4.69) is 42.4 Å². The summed E-state index contributed by atoms with van der Waals surface area (Å²) in [5, 5.41) is -1.37. The maximum absolute atomic E-state index is 3.91. The molecule has 0 spiro atoms. The predicted molar refractivity (Wildman–Crippen MR) is 76.5 cm³/mol. The number of rotatable bonds is 8. The van der Waals surface area contributed by atoms with Crippen LogP contribution in [-0.4, -0.2) is 26.2 Å². The van der Waals surface area contributed by atoms with E-state index in [1.165, 1.54) is 51.1 Å². The van der Waals surface area contributed by atoms with Crippen molar-refractivity contribution in [3.05, 3.63) is 0 Å². The molecule has 0 nitrogen and oxygen atoms in total. The van der Waals surface area contributed by atoms with Crippen molar-refractivity contribution in [2.75, 3.05) is 26.2 Å². The Morgan fingerprint density at radius 3 is 1.64 bits per heavy atom. The molecule has 0 aliphatic rings. The summed E-state index contributed by atoms with van der Waals surface area (Å²) in [6, 6.07) is 0. The van der Waals surface area contributed by atoms with E-state index in [1.807, 2.05) is 0 Å². The first-order chi connectivity index (χ1) is 6.31. The zero-order valence-electron chi connectivity index (χ0n) is 10.5. The Bertz CT molecular complexity index is 137. The van der Waals surface area contributed by atoms with E-state index in [-0.39, 0.29) is 0 Å². The first-order valence-electron chi connectivity index (χ1n) is 6.03. The average molecular weight is 283 g/mol. The molecular formula is C12H28BrP. The van der Waals surface area contributed by atoms with Crippen LogP contribution < -0.4 is 0 Å². The average Bonchev–Trinajstić information content (AvgIpc) is 2.00. The van der Waals surface area contributed by atoms with E-state index in [0.717, 1.165) is 0 Å². The van der Waals surface area contributed by atoms with Gasteiger partial charge in [0, 0.05) is 0 Å². The Balaban J connectivity index is 3.23. The second-order valence-corrected chi connectivity index (χ2v) is 19.9. The second-order valence-electron chi connectivity index (χ2n) is 5.76. The van der Waals surface area contributed by atoms with Gasteiger partial charge in [0.2, 0.25) is 0 Å². The first-order valence-corrected chi connectivity index (χ1v) is 11.8. The monoisotopic (exact) mass is 282 g/mol. The van der Waals surface area contributed by atoms with Crippen LogP contribution in [0.2, 0.25) is 0 Å². The molecule has 0 rings (SSSR count). The molecule has 0 radical (unpaired) electrons. The SMILES string of the molecule is CCCCCCCCCP(C)(C)(C)Br. The topological polar surface area (TPSA) is 0 Å². The molecule has 14 heavy (non-hydrogen) atoms. The van der Waals surface area contributed by atoms with Crippen molar-refractivity contribution in [1.82, 2.24) is 0 Å². The first kappa shape index (κ1) is 14.9. The molecule has 0 aromatic heterocycles. The van der Waals surface area contributed by atoms with Crippen LogP contribution in [0.5, 0.6) is 0 Å². The summed E-state index contributed by atoms with van der Waals surface area (Å²) in [5.41, 5.74) is 0. The fraction of sp³-hybridized carbons (Fsp3) is 1.00. The zero-order valence-corrected chi connectivity index (χ0v) is 13.0. The number of hydrogen-bond acceptors (Lipinski definition) is 0. The molecule has 0 aromatic carbocycles. The van der Waals surface area contributed by atoms with E-state index in [1.54, 1.807) is 0 Å². The van der Waals surface area contributed by atoms with Crippen molar-refractivity contribution < 1.29 is 0 Å². The summed E-state index contributed by atoms with van der Waals surface area (Å²) in [6.45, 7) is 9.49. The summed E-state index contributed by atoms with van der Waals surface area (Å²) in [4.78, 5) is 0. The van der Waals surface area contributed by atoms with Crippen molar-refractivity contribution in [2.45, 2.75) is 51.9 Å². The van der Waals surface area contributed by atoms with Gasteiger partial charge >= 0.3 is 98.8 Å². The van der Waals surface area contributed by atoms with Gasteiger partial charge in [-0.05, 0) is 0 Å². The molecule has 0 unspecified atom stereocenters. The van der Waals surface area contributed by atoms with Gasteiger partial charge in [-0.2, -0.15) is 0 Å². The standard InChI is InChI=1S/C12H28BrP/c1-5-6-7-8-9-10-11-12-14(2,3,4)13/h5-12H2,1-4H3. The van der Waals surface area contributed by atoms with E-state index < -0.39 is 5.31 Å². The molecule has 0 aromatic rings. The quantitative estimate of drug-likeness (QED) is 0.408. The molecule has 0 heterocycles. The Kier molecular flexibility index (Phi) is 6.90. The molecule has 0 amide bonds. The summed E-state index contributed by atoms with van der Waals surface area (Å²) in [6.07, 6.45) is 11.4. The van der Waals surface area contributed by atoms with Crippen LogP contribution in [0.25, 0.3) is 0 Å². The predicted octanol–water partition coefficient (Wildman–Crippen LogP) is 5.49. The Hall–Kier alpha value is 0.910. The zero-order chi connectivity index (χ0) is 11.1. The minimum atomic E-state index is -1.37. The van der Waals surface area contributed by atoms with Gasteiger partial charge in [-0.15, -0.1) is 0 Å². The fourth-order valence-corrected chi connectivity index (χ4v) is 3.65. The van der Waals surface area contributed by atoms with E-state index in [4.69, 9.17) is 0 Å². The number of unbranched alkanes of at least 4 members (excludes halogenated alkanes) is 6. The van der Waals surface area contributed by atoms with Crippen LogP contribution in [0.4, 0.5) is 0 Å². The molecule has 0 aliphatic carbocycles. The molecule has 0 bridgehead atoms. The summed E-state index contributed by atoms with van der Waals surface area (Å²) in [5.74, 6) is 0. The van der Waals surface area contributed by atoms with Gasteiger partial charge in [-0.25, -0.2) is 0 Å². The molecule has 0 saturated heterocycles. The Labute approximate surface area is 98.9 Å². The molecule has 88 valence electrons. The van der Waals surface area contributed by atoms with Crippen molar-refractivity contribution in [3.8, 4) is 0 Å². The number of hydrogen-bond donors (Lipinski definition) is 0. The van der Waals surface area contributed by atoms with E-state index >= 15 is 0 Å². The van der Waals surface area contributed by atoms with Crippen molar-refractivity contribution in [1.29, 1.82) is 0 Å². The second kappa shape index (κ2) is 6.48. The van der Waals surface area contributed by atoms with Gasteiger partial charge in [0.05, 0.1) is 0 Å². The molecular weight excluding hydrogens is 255 g/mol. The molecule has 0 fully saturated rings. The summed E-state index contributed by atoms with van der Waals surface area (Å²) >= 11 is 3.91. The molecule has 0 aliphatic heterocycles. The van der Waals surface area contributed by atoms with Crippen LogP contribution in [0.1, 0.15) is 51.9 Å². The summed E-state index contributed by atoms with van der Waals surface area (Å²) < 4.78 is 0. The van der Waals surface area contributed by atoms with Crippen molar-refractivity contribution >= 4 is 20.8 Å². The minimum absolute atomic E-state index is 1.36. The van der Waals surface area contributed by atoms with Crippen LogP contribution in [0.3, 0.4) is 0 Å². The van der Waals surface area contributed by atoms with Gasteiger partial charge in [0.15, 0.2) is 0 Å². The van der Waals surface area contributed by atoms with Crippen molar-refractivity contribution in [3.63, 3.8) is 0 Å². The van der Waals surface area contributed by atoms with Crippen LogP contribution >= 0.6 is 20.8 Å². The number of halogens is 1. The third-order valence-electron chi connectivity index (χ3n) is 2.52. The normalized spacial score (nSPS) is 15.1. The van der Waals surface area contributed by atoms with Crippen LogP contribution in [-0.2, 0) is 0 Å². The third kappa shape index (κ3) is 12.9. The van der Waals surface area contributed by atoms with Crippen LogP contribution in [0, 0.1) is 0 Å². The molecule has 0 atom stereocenters. The Morgan fingerprint density at radius 1 is 0.786 bits per heavy atom. The Morgan fingerprint density at radius 2 is 1.21 bits per heavy atom. The van der Waals surface area contributed by atoms with E-state index in [9.17, 15) is 0 Å². The van der Waals surface area contributed by atoms with Crippen molar-refractivity contribution in [2.24, 2.45) is 0 Å². The van der Waals surface area contributed by atoms with E-state index in [0.29, 0.717) is 0 Å². The van der Waals surface area contributed by atoms with Gasteiger partial charge in [-0.3, -0.25) is 0 Å². The fourth-order valence-electron chi connectivity index (χ4n) is 1.60. The summed E-state index contributed by atoms with van der Waals surface area (Å²) in [7, 11) is 0. The third-order valence-corrected chi connectivity index (χ3v) is 5.41. The van der Waals surface area contributed by atoms with Gasteiger partial charge < -0.3 is 0 Å². The van der Waals surface area contributed by atoms with Crippen LogP contribution in [0.15, 0.2) is 0 Å². The molecule has 2 heteroatoms. The van der Waals surface area contributed by atoms with Gasteiger partial charge in [-0.1, -0.05) is 0 Å². The molecule has 0 saturated carbocycles.